The maximum absolute atomic E-state index is 12.0. The van der Waals surface area contributed by atoms with Gasteiger partial charge in [0.05, 0.1) is 20.7 Å². The quantitative estimate of drug-likeness (QED) is 0.530. The SMILES string of the molecule is CNC(=O)CN(C)C(=O)C[NH+](C)CC(=O)Nc1ccc(OC)cc1. The van der Waals surface area contributed by atoms with Crippen molar-refractivity contribution in [1.29, 1.82) is 0 Å². The molecule has 0 saturated heterocycles. The molecule has 132 valence electrons. The summed E-state index contributed by atoms with van der Waals surface area (Å²) in [4.78, 5) is 37.3. The molecule has 1 rings (SSSR count). The van der Waals surface area contributed by atoms with Crippen LogP contribution < -0.4 is 20.3 Å². The highest BCUT2D eigenvalue weighted by Gasteiger charge is 2.18. The lowest BCUT2D eigenvalue weighted by molar-refractivity contribution is -0.862. The van der Waals surface area contributed by atoms with Crippen LogP contribution in [0.2, 0.25) is 0 Å². The van der Waals surface area contributed by atoms with Gasteiger partial charge < -0.3 is 25.2 Å². The van der Waals surface area contributed by atoms with Crippen molar-refractivity contribution in [3.05, 3.63) is 24.3 Å². The van der Waals surface area contributed by atoms with E-state index in [1.165, 1.54) is 11.9 Å². The maximum Gasteiger partial charge on any atom is 0.279 e. The van der Waals surface area contributed by atoms with Gasteiger partial charge in [0, 0.05) is 19.8 Å². The second-order valence-electron chi connectivity index (χ2n) is 5.51. The van der Waals surface area contributed by atoms with E-state index in [4.69, 9.17) is 4.74 Å². The van der Waals surface area contributed by atoms with Crippen LogP contribution in [0.3, 0.4) is 0 Å². The predicted molar refractivity (Wildman–Crippen MR) is 89.9 cm³/mol. The molecule has 3 N–H and O–H groups in total. The van der Waals surface area contributed by atoms with E-state index in [2.05, 4.69) is 10.6 Å². The van der Waals surface area contributed by atoms with Gasteiger partial charge in [-0.3, -0.25) is 14.4 Å². The van der Waals surface area contributed by atoms with Crippen molar-refractivity contribution >= 4 is 23.4 Å². The van der Waals surface area contributed by atoms with Gasteiger partial charge in [0.25, 0.3) is 11.8 Å². The van der Waals surface area contributed by atoms with E-state index in [0.29, 0.717) is 11.4 Å². The molecule has 1 aromatic carbocycles. The fraction of sp³-hybridized carbons (Fsp3) is 0.438. The molecule has 0 radical (unpaired) electrons. The molecule has 1 atom stereocenters. The van der Waals surface area contributed by atoms with Gasteiger partial charge in [-0.05, 0) is 24.3 Å². The molecule has 0 aromatic heterocycles. The molecule has 0 saturated carbocycles. The number of amides is 3. The van der Waals surface area contributed by atoms with Crippen molar-refractivity contribution in [1.82, 2.24) is 10.2 Å². The molecule has 0 fully saturated rings. The molecular formula is C16H25N4O4+. The Morgan fingerprint density at radius 3 is 2.29 bits per heavy atom. The monoisotopic (exact) mass is 337 g/mol. The summed E-state index contributed by atoms with van der Waals surface area (Å²) in [7, 11) is 6.40. The molecule has 0 spiro atoms. The number of hydrogen-bond donors (Lipinski definition) is 3. The minimum absolute atomic E-state index is 0.000653. The number of rotatable bonds is 8. The number of carbonyl (C=O) groups is 3. The van der Waals surface area contributed by atoms with Gasteiger partial charge in [0.1, 0.15) is 5.75 Å². The molecule has 0 aliphatic rings. The van der Waals surface area contributed by atoms with Gasteiger partial charge in [-0.15, -0.1) is 0 Å². The van der Waals surface area contributed by atoms with Gasteiger partial charge >= 0.3 is 0 Å². The van der Waals surface area contributed by atoms with E-state index < -0.39 is 0 Å². The Bertz CT molecular complexity index is 574. The molecule has 0 heterocycles. The summed E-state index contributed by atoms with van der Waals surface area (Å²) >= 11 is 0. The van der Waals surface area contributed by atoms with Crippen molar-refractivity contribution in [3.63, 3.8) is 0 Å². The zero-order valence-corrected chi connectivity index (χ0v) is 14.5. The van der Waals surface area contributed by atoms with Crippen LogP contribution in [0.4, 0.5) is 5.69 Å². The summed E-state index contributed by atoms with van der Waals surface area (Å²) in [5, 5.41) is 5.22. The molecule has 1 unspecified atom stereocenters. The Morgan fingerprint density at radius 2 is 1.75 bits per heavy atom. The third-order valence-electron chi connectivity index (χ3n) is 3.37. The van der Waals surface area contributed by atoms with Crippen molar-refractivity contribution < 1.29 is 24.0 Å². The number of nitrogens with zero attached hydrogens (tertiary/aromatic N) is 1. The molecule has 0 aliphatic carbocycles. The Labute approximate surface area is 141 Å². The fourth-order valence-electron chi connectivity index (χ4n) is 1.99. The molecular weight excluding hydrogens is 312 g/mol. The fourth-order valence-corrected chi connectivity index (χ4v) is 1.99. The van der Waals surface area contributed by atoms with Crippen LogP contribution in [0, 0.1) is 0 Å². The van der Waals surface area contributed by atoms with Crippen LogP contribution >= 0.6 is 0 Å². The summed E-state index contributed by atoms with van der Waals surface area (Å²) < 4.78 is 5.05. The Morgan fingerprint density at radius 1 is 1.12 bits per heavy atom. The third-order valence-corrected chi connectivity index (χ3v) is 3.37. The highest BCUT2D eigenvalue weighted by atomic mass is 16.5. The number of methoxy groups -OCH3 is 1. The summed E-state index contributed by atoms with van der Waals surface area (Å²) in [5.74, 6) is 0.0778. The topological polar surface area (TPSA) is 92.2 Å². The maximum atomic E-state index is 12.0. The Balaban J connectivity index is 2.42. The molecule has 0 bridgehead atoms. The van der Waals surface area contributed by atoms with Crippen LogP contribution in [-0.2, 0) is 14.4 Å². The first-order valence-corrected chi connectivity index (χ1v) is 7.55. The second-order valence-corrected chi connectivity index (χ2v) is 5.51. The van der Waals surface area contributed by atoms with Gasteiger partial charge in [0.15, 0.2) is 13.1 Å². The number of nitrogens with one attached hydrogen (secondary N) is 3. The van der Waals surface area contributed by atoms with E-state index in [9.17, 15) is 14.4 Å². The predicted octanol–water partition coefficient (Wildman–Crippen LogP) is -1.65. The van der Waals surface area contributed by atoms with Crippen molar-refractivity contribution in [2.75, 3.05) is 53.2 Å². The van der Waals surface area contributed by atoms with Crippen LogP contribution in [0.25, 0.3) is 0 Å². The molecule has 1 aromatic rings. The van der Waals surface area contributed by atoms with Crippen molar-refractivity contribution in [3.8, 4) is 5.75 Å². The number of anilines is 1. The van der Waals surface area contributed by atoms with Crippen LogP contribution in [-0.4, -0.2) is 70.5 Å². The number of likely N-dealkylation sites (N-methyl/N-ethyl adjacent to an activating group) is 3. The summed E-state index contributed by atoms with van der Waals surface area (Å²) in [5.41, 5.74) is 0.664. The number of quaternary nitrogens is 1. The zero-order chi connectivity index (χ0) is 18.1. The largest absolute Gasteiger partial charge is 0.497 e. The van der Waals surface area contributed by atoms with E-state index in [-0.39, 0.29) is 37.4 Å². The normalized spacial score (nSPS) is 11.3. The first-order valence-electron chi connectivity index (χ1n) is 7.55. The zero-order valence-electron chi connectivity index (χ0n) is 14.5. The summed E-state index contributed by atoms with van der Waals surface area (Å²) in [6.45, 7) is 0.274. The smallest absolute Gasteiger partial charge is 0.279 e. The standard InChI is InChI=1S/C16H24N4O4/c1-17-14(21)10-20(3)16(23)11-19(2)9-15(22)18-12-5-7-13(24-4)8-6-12/h5-8H,9-11H2,1-4H3,(H,17,21)(H,18,22)/p+1. The van der Waals surface area contributed by atoms with Crippen LogP contribution in [0.5, 0.6) is 5.75 Å². The van der Waals surface area contributed by atoms with Gasteiger partial charge in [0.2, 0.25) is 5.91 Å². The van der Waals surface area contributed by atoms with Crippen molar-refractivity contribution in [2.45, 2.75) is 0 Å². The number of carbonyl (C=O) groups excluding carboxylic acids is 3. The average molecular weight is 337 g/mol. The lowest BCUT2D eigenvalue weighted by Gasteiger charge is -2.19. The Kier molecular flexibility index (Phi) is 7.70. The summed E-state index contributed by atoms with van der Waals surface area (Å²) in [6, 6.07) is 7.00. The van der Waals surface area contributed by atoms with E-state index in [0.717, 1.165) is 4.90 Å². The first kappa shape index (κ1) is 19.4. The Hall–Kier alpha value is -2.61. The molecule has 0 aliphatic heterocycles. The van der Waals surface area contributed by atoms with E-state index in [1.807, 2.05) is 0 Å². The molecule has 24 heavy (non-hydrogen) atoms. The third kappa shape index (κ3) is 6.66. The van der Waals surface area contributed by atoms with Crippen LogP contribution in [0.1, 0.15) is 0 Å². The van der Waals surface area contributed by atoms with Crippen LogP contribution in [0.15, 0.2) is 24.3 Å². The van der Waals surface area contributed by atoms with Crippen molar-refractivity contribution in [2.24, 2.45) is 0 Å². The lowest BCUT2D eigenvalue weighted by atomic mass is 10.3. The lowest BCUT2D eigenvalue weighted by Crippen LogP contribution is -3.11. The summed E-state index contributed by atoms with van der Waals surface area (Å²) in [6.07, 6.45) is 0. The highest BCUT2D eigenvalue weighted by molar-refractivity contribution is 5.91. The van der Waals surface area contributed by atoms with Gasteiger partial charge in [-0.25, -0.2) is 0 Å². The van der Waals surface area contributed by atoms with Gasteiger partial charge in [-0.1, -0.05) is 0 Å². The average Bonchev–Trinajstić information content (AvgIpc) is 2.54. The minimum atomic E-state index is -0.235. The number of hydrogen-bond acceptors (Lipinski definition) is 4. The van der Waals surface area contributed by atoms with E-state index in [1.54, 1.807) is 45.5 Å². The number of benzene rings is 1. The highest BCUT2D eigenvalue weighted by Crippen LogP contribution is 2.14. The second kappa shape index (κ2) is 9.51. The molecule has 3 amide bonds. The molecule has 8 heteroatoms. The minimum Gasteiger partial charge on any atom is -0.497 e. The first-order chi connectivity index (χ1) is 11.3. The van der Waals surface area contributed by atoms with Gasteiger partial charge in [-0.2, -0.15) is 0 Å². The molecule has 8 nitrogen and oxygen atoms in total. The van der Waals surface area contributed by atoms with E-state index >= 15 is 0 Å². The number of ether oxygens (including phenoxy) is 1.